The molecule has 0 unspecified atom stereocenters. The highest BCUT2D eigenvalue weighted by Crippen LogP contribution is 2.37. The largest absolute Gasteiger partial charge is 0.338 e. The summed E-state index contributed by atoms with van der Waals surface area (Å²) in [6, 6.07) is 5.25. The van der Waals surface area contributed by atoms with Gasteiger partial charge in [-0.1, -0.05) is 40.9 Å². The van der Waals surface area contributed by atoms with E-state index < -0.39 is 9.70 Å². The number of likely N-dealkylation sites (tertiary alicyclic amines) is 1. The Morgan fingerprint density at radius 2 is 1.95 bits per heavy atom. The Balaban J connectivity index is 1.91. The smallest absolute Gasteiger partial charge is 0.274 e. The van der Waals surface area contributed by atoms with Crippen molar-refractivity contribution in [3.63, 3.8) is 0 Å². The monoisotopic (exact) mass is 334 g/mol. The van der Waals surface area contributed by atoms with Gasteiger partial charge in [-0.25, -0.2) is 0 Å². The maximum atomic E-state index is 12.1. The highest BCUT2D eigenvalue weighted by atomic mass is 35.6. The summed E-state index contributed by atoms with van der Waals surface area (Å²) in [5.41, 5.74) is 0.980. The number of rotatable bonds is 0. The highest BCUT2D eigenvalue weighted by Gasteiger charge is 2.41. The predicted molar refractivity (Wildman–Crippen MR) is 78.4 cm³/mol. The number of halogens is 3. The number of hydrogen-bond donors (Lipinski definition) is 0. The molecule has 3 rings (SSSR count). The third-order valence-electron chi connectivity index (χ3n) is 4.01. The number of alkyl halides is 3. The summed E-state index contributed by atoms with van der Waals surface area (Å²) in [5, 5.41) is 0. The first-order chi connectivity index (χ1) is 9.36. The Bertz CT molecular complexity index is 608. The predicted octanol–water partition coefficient (Wildman–Crippen LogP) is 2.16. The quantitative estimate of drug-likeness (QED) is 0.682. The summed E-state index contributed by atoms with van der Waals surface area (Å²) in [7, 11) is 0. The Labute approximate surface area is 131 Å². The molecule has 0 aliphatic carbocycles. The van der Waals surface area contributed by atoms with Gasteiger partial charge in [0.15, 0.2) is 0 Å². The summed E-state index contributed by atoms with van der Waals surface area (Å²) < 4.78 is -0.113. The van der Waals surface area contributed by atoms with Crippen LogP contribution in [0.1, 0.15) is 18.0 Å². The minimum absolute atomic E-state index is 0.0124. The second-order valence-corrected chi connectivity index (χ2v) is 7.69. The fourth-order valence-electron chi connectivity index (χ4n) is 3.24. The van der Waals surface area contributed by atoms with Gasteiger partial charge in [0.05, 0.1) is 0 Å². The Morgan fingerprint density at radius 3 is 2.65 bits per heavy atom. The van der Waals surface area contributed by atoms with Gasteiger partial charge < -0.3 is 9.47 Å². The van der Waals surface area contributed by atoms with Gasteiger partial charge in [-0.15, -0.1) is 0 Å². The minimum atomic E-state index is -1.91. The van der Waals surface area contributed by atoms with E-state index in [0.717, 1.165) is 12.1 Å². The third-order valence-corrected chi connectivity index (χ3v) is 4.49. The molecule has 20 heavy (non-hydrogen) atoms. The molecular weight excluding hydrogens is 323 g/mol. The van der Waals surface area contributed by atoms with E-state index in [0.29, 0.717) is 19.6 Å². The van der Waals surface area contributed by atoms with Crippen LogP contribution >= 0.6 is 34.8 Å². The molecule has 1 fully saturated rings. The van der Waals surface area contributed by atoms with Crippen LogP contribution in [-0.2, 0) is 11.3 Å². The third kappa shape index (κ3) is 2.45. The van der Waals surface area contributed by atoms with Crippen LogP contribution in [-0.4, -0.2) is 32.3 Å². The van der Waals surface area contributed by atoms with E-state index in [4.69, 9.17) is 34.8 Å². The van der Waals surface area contributed by atoms with E-state index in [1.54, 1.807) is 21.6 Å². The molecule has 0 radical (unpaired) electrons. The van der Waals surface area contributed by atoms with Gasteiger partial charge >= 0.3 is 0 Å². The van der Waals surface area contributed by atoms with E-state index >= 15 is 0 Å². The lowest BCUT2D eigenvalue weighted by atomic mass is 9.83. The van der Waals surface area contributed by atoms with Crippen LogP contribution < -0.4 is 5.56 Å². The molecule has 1 saturated heterocycles. The van der Waals surface area contributed by atoms with E-state index in [1.165, 1.54) is 0 Å². The molecule has 1 amide bonds. The fourth-order valence-corrected chi connectivity index (χ4v) is 3.60. The zero-order valence-corrected chi connectivity index (χ0v) is 12.8. The normalized spacial score (nSPS) is 25.2. The van der Waals surface area contributed by atoms with Crippen molar-refractivity contribution in [3.8, 4) is 0 Å². The number of nitrogens with zero attached hydrogens (tertiary/aromatic N) is 2. The average molecular weight is 336 g/mol. The Morgan fingerprint density at radius 1 is 1.20 bits per heavy atom. The molecule has 1 aromatic rings. The summed E-state index contributed by atoms with van der Waals surface area (Å²) >= 11 is 17.1. The molecule has 1 aromatic heterocycles. The van der Waals surface area contributed by atoms with Crippen molar-refractivity contribution >= 4 is 40.7 Å². The zero-order chi connectivity index (χ0) is 14.5. The molecule has 2 bridgehead atoms. The molecule has 2 aliphatic heterocycles. The van der Waals surface area contributed by atoms with Gasteiger partial charge in [0.2, 0.25) is 0 Å². The molecular formula is C13H13Cl3N2O2. The second-order valence-electron chi connectivity index (χ2n) is 5.41. The summed E-state index contributed by atoms with van der Waals surface area (Å²) in [6.45, 7) is 1.64. The van der Waals surface area contributed by atoms with Crippen LogP contribution in [0.3, 0.4) is 0 Å². The van der Waals surface area contributed by atoms with Crippen molar-refractivity contribution in [1.29, 1.82) is 0 Å². The number of aromatic nitrogens is 1. The number of pyridine rings is 1. The van der Waals surface area contributed by atoms with Gasteiger partial charge in [0.1, 0.15) is 0 Å². The molecule has 4 nitrogen and oxygen atoms in total. The molecule has 0 spiro atoms. The fraction of sp³-hybridized carbons (Fsp3) is 0.538. The van der Waals surface area contributed by atoms with Crippen molar-refractivity contribution < 1.29 is 4.79 Å². The second kappa shape index (κ2) is 4.93. The first-order valence-electron chi connectivity index (χ1n) is 6.42. The van der Waals surface area contributed by atoms with E-state index in [2.05, 4.69) is 0 Å². The van der Waals surface area contributed by atoms with Gasteiger partial charge in [0.25, 0.3) is 15.3 Å². The van der Waals surface area contributed by atoms with Crippen LogP contribution in [0.5, 0.6) is 0 Å². The summed E-state index contributed by atoms with van der Waals surface area (Å²) in [6.07, 6.45) is 0.965. The highest BCUT2D eigenvalue weighted by molar-refractivity contribution is 6.76. The number of amides is 1. The molecule has 108 valence electrons. The summed E-state index contributed by atoms with van der Waals surface area (Å²) in [5.74, 6) is -0.116. The topological polar surface area (TPSA) is 42.3 Å². The molecule has 0 N–H and O–H groups in total. The van der Waals surface area contributed by atoms with Crippen molar-refractivity contribution in [2.45, 2.75) is 22.7 Å². The zero-order valence-electron chi connectivity index (χ0n) is 10.6. The summed E-state index contributed by atoms with van der Waals surface area (Å²) in [4.78, 5) is 25.6. The van der Waals surface area contributed by atoms with E-state index in [1.807, 2.05) is 6.07 Å². The molecule has 0 saturated carbocycles. The first-order valence-corrected chi connectivity index (χ1v) is 7.55. The molecule has 3 heterocycles. The van der Waals surface area contributed by atoms with Crippen LogP contribution in [0.15, 0.2) is 23.0 Å². The van der Waals surface area contributed by atoms with Gasteiger partial charge in [-0.2, -0.15) is 0 Å². The lowest BCUT2D eigenvalue weighted by Gasteiger charge is -2.43. The standard InChI is InChI=1S/C13H13Cl3N2O2/c14-13(15,16)12(20)17-5-8-4-9(7-17)10-2-1-3-11(19)18(10)6-8/h1-3,8-9H,4-7H2/t8-,9-/m0/s1. The van der Waals surface area contributed by atoms with E-state index in [-0.39, 0.29) is 17.4 Å². The first kappa shape index (κ1) is 14.2. The van der Waals surface area contributed by atoms with Crippen LogP contribution in [0.25, 0.3) is 0 Å². The lowest BCUT2D eigenvalue weighted by Crippen LogP contribution is -2.51. The lowest BCUT2D eigenvalue weighted by molar-refractivity contribution is -0.132. The van der Waals surface area contributed by atoms with Gasteiger partial charge in [-0.05, 0) is 18.4 Å². The molecule has 7 heteroatoms. The number of fused-ring (bicyclic) bond motifs is 4. The van der Waals surface area contributed by atoms with Crippen molar-refractivity contribution in [3.05, 3.63) is 34.2 Å². The number of piperidine rings is 1. The van der Waals surface area contributed by atoms with Crippen molar-refractivity contribution in [1.82, 2.24) is 9.47 Å². The van der Waals surface area contributed by atoms with Crippen LogP contribution in [0.4, 0.5) is 0 Å². The Hall–Kier alpha value is -0.710. The number of carbonyl (C=O) groups excluding carboxylic acids is 1. The van der Waals surface area contributed by atoms with Crippen LogP contribution in [0.2, 0.25) is 0 Å². The molecule has 2 aliphatic rings. The van der Waals surface area contributed by atoms with Gasteiger partial charge in [0, 0.05) is 37.3 Å². The van der Waals surface area contributed by atoms with Crippen molar-refractivity contribution in [2.24, 2.45) is 5.92 Å². The Kier molecular flexibility index (Phi) is 3.51. The molecule has 2 atom stereocenters. The maximum Gasteiger partial charge on any atom is 0.274 e. The SMILES string of the molecule is O=C(N1C[C@@H]2C[C@@H](C1)c1cccc(=O)n1C2)C(Cl)(Cl)Cl. The van der Waals surface area contributed by atoms with Crippen molar-refractivity contribution in [2.75, 3.05) is 13.1 Å². The average Bonchev–Trinajstić information content (AvgIpc) is 2.38. The maximum absolute atomic E-state index is 12.1. The number of carbonyl (C=O) groups is 1. The van der Waals surface area contributed by atoms with Gasteiger partial charge in [-0.3, -0.25) is 9.59 Å². The van der Waals surface area contributed by atoms with Crippen LogP contribution in [0, 0.1) is 5.92 Å². The number of hydrogen-bond acceptors (Lipinski definition) is 2. The van der Waals surface area contributed by atoms with E-state index in [9.17, 15) is 9.59 Å². The molecule has 0 aromatic carbocycles. The minimum Gasteiger partial charge on any atom is -0.338 e.